The Kier molecular flexibility index (Phi) is 5.29. The van der Waals surface area contributed by atoms with E-state index in [9.17, 15) is 13.2 Å². The van der Waals surface area contributed by atoms with Crippen molar-refractivity contribution in [1.82, 2.24) is 14.2 Å². The van der Waals surface area contributed by atoms with Crippen molar-refractivity contribution in [3.63, 3.8) is 0 Å². The van der Waals surface area contributed by atoms with Gasteiger partial charge < -0.3 is 14.4 Å². The van der Waals surface area contributed by atoms with Gasteiger partial charge in [0.25, 0.3) is 5.91 Å². The summed E-state index contributed by atoms with van der Waals surface area (Å²) in [6.45, 7) is 2.42. The van der Waals surface area contributed by atoms with Gasteiger partial charge in [0.2, 0.25) is 15.9 Å². The van der Waals surface area contributed by atoms with Crippen LogP contribution in [0.1, 0.15) is 10.4 Å². The summed E-state index contributed by atoms with van der Waals surface area (Å²) in [6, 6.07) is 11.5. The first-order chi connectivity index (χ1) is 13.5. The Balaban J connectivity index is 1.36. The first kappa shape index (κ1) is 18.9. The third kappa shape index (κ3) is 3.87. The quantitative estimate of drug-likeness (QED) is 0.740. The van der Waals surface area contributed by atoms with Crippen LogP contribution in [0.15, 0.2) is 53.6 Å². The summed E-state index contributed by atoms with van der Waals surface area (Å²) in [4.78, 5) is 18.5. The fourth-order valence-electron chi connectivity index (χ4n) is 3.15. The summed E-state index contributed by atoms with van der Waals surface area (Å²) in [5, 5.41) is 0. The number of carbonyl (C=O) groups is 1. The van der Waals surface area contributed by atoms with Crippen LogP contribution in [-0.4, -0.2) is 74.0 Å². The van der Waals surface area contributed by atoms with Crippen LogP contribution in [0.2, 0.25) is 0 Å². The lowest BCUT2D eigenvalue weighted by Crippen LogP contribution is -2.56. The van der Waals surface area contributed by atoms with E-state index in [0.717, 1.165) is 0 Å². The van der Waals surface area contributed by atoms with Crippen molar-refractivity contribution >= 4 is 15.9 Å². The minimum Gasteiger partial charge on any atom is -0.471 e. The predicted molar refractivity (Wildman–Crippen MR) is 101 cm³/mol. The SMILES string of the molecule is O=C(c1ccc(S(=O)(=O)N2CCOCC2)cc1)N1CC(Oc2ccccn2)C1. The molecule has 0 saturated carbocycles. The van der Waals surface area contributed by atoms with E-state index >= 15 is 0 Å². The summed E-state index contributed by atoms with van der Waals surface area (Å²) in [5.41, 5.74) is 0.456. The molecule has 0 N–H and O–H groups in total. The van der Waals surface area contributed by atoms with Gasteiger partial charge in [0, 0.05) is 30.9 Å². The number of ether oxygens (including phenoxy) is 2. The zero-order chi connectivity index (χ0) is 19.6. The van der Waals surface area contributed by atoms with Gasteiger partial charge in [-0.3, -0.25) is 4.79 Å². The average Bonchev–Trinajstić information content (AvgIpc) is 2.71. The van der Waals surface area contributed by atoms with Crippen LogP contribution in [0.3, 0.4) is 0 Å². The molecule has 1 amide bonds. The molecule has 1 aromatic heterocycles. The molecule has 2 aliphatic heterocycles. The summed E-state index contributed by atoms with van der Waals surface area (Å²) in [7, 11) is -3.56. The van der Waals surface area contributed by atoms with Crippen LogP contribution in [0.5, 0.6) is 5.88 Å². The molecule has 1 aromatic carbocycles. The molecule has 0 bridgehead atoms. The number of likely N-dealkylation sites (tertiary alicyclic amines) is 1. The summed E-state index contributed by atoms with van der Waals surface area (Å²) in [5.74, 6) is 0.397. The van der Waals surface area contributed by atoms with Gasteiger partial charge in [-0.05, 0) is 30.3 Å². The molecule has 0 unspecified atom stereocenters. The van der Waals surface area contributed by atoms with Crippen molar-refractivity contribution in [3.05, 3.63) is 54.2 Å². The van der Waals surface area contributed by atoms with E-state index in [0.29, 0.717) is 50.8 Å². The zero-order valence-electron chi connectivity index (χ0n) is 15.2. The minimum absolute atomic E-state index is 0.0835. The van der Waals surface area contributed by atoms with E-state index in [1.54, 1.807) is 29.3 Å². The van der Waals surface area contributed by atoms with Gasteiger partial charge in [0.1, 0.15) is 6.10 Å². The fourth-order valence-corrected chi connectivity index (χ4v) is 4.56. The van der Waals surface area contributed by atoms with Crippen LogP contribution in [0.4, 0.5) is 0 Å². The van der Waals surface area contributed by atoms with Gasteiger partial charge in [-0.2, -0.15) is 4.31 Å². The zero-order valence-corrected chi connectivity index (χ0v) is 16.0. The van der Waals surface area contributed by atoms with Crippen LogP contribution < -0.4 is 4.74 Å². The number of benzene rings is 1. The summed E-state index contributed by atoms with van der Waals surface area (Å²) < 4.78 is 37.6. The molecule has 0 spiro atoms. The van der Waals surface area contributed by atoms with Gasteiger partial charge >= 0.3 is 0 Å². The number of pyridine rings is 1. The van der Waals surface area contributed by atoms with Gasteiger partial charge in [-0.15, -0.1) is 0 Å². The monoisotopic (exact) mass is 403 g/mol. The Bertz CT molecular complexity index is 922. The molecule has 3 heterocycles. The Hall–Kier alpha value is -2.49. The lowest BCUT2D eigenvalue weighted by atomic mass is 10.1. The van der Waals surface area contributed by atoms with Gasteiger partial charge in [0.05, 0.1) is 31.2 Å². The highest BCUT2D eigenvalue weighted by Crippen LogP contribution is 2.21. The molecule has 0 aliphatic carbocycles. The standard InChI is InChI=1S/C19H21N3O5S/c23-19(21-13-16(14-21)27-18-3-1-2-8-20-18)15-4-6-17(7-5-15)28(24,25)22-9-11-26-12-10-22/h1-8,16H,9-14H2. The second-order valence-corrected chi connectivity index (χ2v) is 8.60. The van der Waals surface area contributed by atoms with E-state index in [1.165, 1.54) is 16.4 Å². The maximum Gasteiger partial charge on any atom is 0.254 e. The van der Waals surface area contributed by atoms with Crippen LogP contribution in [-0.2, 0) is 14.8 Å². The highest BCUT2D eigenvalue weighted by molar-refractivity contribution is 7.89. The number of nitrogens with zero attached hydrogens (tertiary/aromatic N) is 3. The molecule has 0 radical (unpaired) electrons. The van der Waals surface area contributed by atoms with E-state index in [1.807, 2.05) is 12.1 Å². The second kappa shape index (κ2) is 7.86. The normalized spacial score (nSPS) is 18.5. The molecule has 28 heavy (non-hydrogen) atoms. The Labute approximate surface area is 163 Å². The molecular formula is C19H21N3O5S. The van der Waals surface area contributed by atoms with E-state index < -0.39 is 10.0 Å². The molecule has 148 valence electrons. The molecular weight excluding hydrogens is 382 g/mol. The van der Waals surface area contributed by atoms with Crippen molar-refractivity contribution < 1.29 is 22.7 Å². The molecule has 8 nitrogen and oxygen atoms in total. The smallest absolute Gasteiger partial charge is 0.254 e. The Morgan fingerprint density at radius 3 is 2.43 bits per heavy atom. The van der Waals surface area contributed by atoms with Crippen molar-refractivity contribution in [2.75, 3.05) is 39.4 Å². The number of carbonyl (C=O) groups excluding carboxylic acids is 1. The fraction of sp³-hybridized carbons (Fsp3) is 0.368. The second-order valence-electron chi connectivity index (χ2n) is 6.66. The highest BCUT2D eigenvalue weighted by atomic mass is 32.2. The third-order valence-electron chi connectivity index (χ3n) is 4.77. The molecule has 2 saturated heterocycles. The lowest BCUT2D eigenvalue weighted by molar-refractivity contribution is 0.0160. The lowest BCUT2D eigenvalue weighted by Gasteiger charge is -2.38. The van der Waals surface area contributed by atoms with E-state index in [2.05, 4.69) is 4.98 Å². The number of amides is 1. The Morgan fingerprint density at radius 1 is 1.07 bits per heavy atom. The molecule has 2 aliphatic rings. The first-order valence-corrected chi connectivity index (χ1v) is 10.5. The number of rotatable bonds is 5. The number of hydrogen-bond donors (Lipinski definition) is 0. The average molecular weight is 403 g/mol. The topological polar surface area (TPSA) is 89.0 Å². The summed E-state index contributed by atoms with van der Waals surface area (Å²) in [6.07, 6.45) is 1.57. The molecule has 0 atom stereocenters. The van der Waals surface area contributed by atoms with Crippen molar-refractivity contribution in [1.29, 1.82) is 0 Å². The van der Waals surface area contributed by atoms with Gasteiger partial charge in [-0.25, -0.2) is 13.4 Å². The number of morpholine rings is 1. The number of aromatic nitrogens is 1. The maximum atomic E-state index is 12.6. The van der Waals surface area contributed by atoms with E-state index in [-0.39, 0.29) is 16.9 Å². The third-order valence-corrected chi connectivity index (χ3v) is 6.68. The largest absolute Gasteiger partial charge is 0.471 e. The molecule has 4 rings (SSSR count). The molecule has 9 heteroatoms. The van der Waals surface area contributed by atoms with Gasteiger partial charge in [-0.1, -0.05) is 6.07 Å². The Morgan fingerprint density at radius 2 is 1.79 bits per heavy atom. The first-order valence-electron chi connectivity index (χ1n) is 9.09. The van der Waals surface area contributed by atoms with E-state index in [4.69, 9.17) is 9.47 Å². The number of sulfonamides is 1. The maximum absolute atomic E-state index is 12.6. The van der Waals surface area contributed by atoms with Gasteiger partial charge in [0.15, 0.2) is 0 Å². The minimum atomic E-state index is -3.56. The van der Waals surface area contributed by atoms with Crippen molar-refractivity contribution in [2.24, 2.45) is 0 Å². The van der Waals surface area contributed by atoms with Crippen LogP contribution in [0, 0.1) is 0 Å². The van der Waals surface area contributed by atoms with Crippen molar-refractivity contribution in [3.8, 4) is 5.88 Å². The van der Waals surface area contributed by atoms with Crippen molar-refractivity contribution in [2.45, 2.75) is 11.0 Å². The summed E-state index contributed by atoms with van der Waals surface area (Å²) >= 11 is 0. The van der Waals surface area contributed by atoms with Crippen LogP contribution >= 0.6 is 0 Å². The predicted octanol–water partition coefficient (Wildman–Crippen LogP) is 1.01. The highest BCUT2D eigenvalue weighted by Gasteiger charge is 2.33. The van der Waals surface area contributed by atoms with Crippen LogP contribution in [0.25, 0.3) is 0 Å². The molecule has 2 aromatic rings. The number of hydrogen-bond acceptors (Lipinski definition) is 6. The molecule has 2 fully saturated rings.